The zero-order valence-corrected chi connectivity index (χ0v) is 16.5. The van der Waals surface area contributed by atoms with E-state index in [4.69, 9.17) is 13.9 Å². The van der Waals surface area contributed by atoms with E-state index in [2.05, 4.69) is 5.32 Å². The quantitative estimate of drug-likeness (QED) is 0.310. The van der Waals surface area contributed by atoms with E-state index >= 15 is 0 Å². The number of aryl methyl sites for hydroxylation is 1. The fourth-order valence-electron chi connectivity index (χ4n) is 2.85. The highest BCUT2D eigenvalue weighted by Gasteiger charge is 2.15. The van der Waals surface area contributed by atoms with Crippen molar-refractivity contribution in [2.75, 3.05) is 19.0 Å². The van der Waals surface area contributed by atoms with Gasteiger partial charge in [-0.3, -0.25) is 24.3 Å². The number of nitro benzene ring substituents is 1. The highest BCUT2D eigenvalue weighted by molar-refractivity contribution is 5.92. The maximum Gasteiger partial charge on any atom is 0.419 e. The van der Waals surface area contributed by atoms with Gasteiger partial charge in [0.05, 0.1) is 23.6 Å². The van der Waals surface area contributed by atoms with Crippen LogP contribution < -0.4 is 15.8 Å². The Hall–Kier alpha value is -4.15. The molecule has 2 aromatic carbocycles. The maximum atomic E-state index is 12.0. The van der Waals surface area contributed by atoms with Gasteiger partial charge in [-0.2, -0.15) is 0 Å². The molecule has 0 saturated heterocycles. The molecule has 11 heteroatoms. The molecule has 0 aliphatic heterocycles. The maximum absolute atomic E-state index is 12.0. The van der Waals surface area contributed by atoms with Crippen LogP contribution >= 0.6 is 0 Å². The second-order valence-corrected chi connectivity index (χ2v) is 6.47. The second kappa shape index (κ2) is 9.57. The molecule has 3 rings (SSSR count). The number of esters is 1. The van der Waals surface area contributed by atoms with Crippen molar-refractivity contribution >= 4 is 34.4 Å². The Labute approximate surface area is 175 Å². The molecular formula is C20H19N3O8. The smallest absolute Gasteiger partial charge is 0.419 e. The number of carbonyl (C=O) groups excluding carboxylic acids is 2. The predicted octanol–water partition coefficient (Wildman–Crippen LogP) is 2.47. The first-order valence-electron chi connectivity index (χ1n) is 9.24. The highest BCUT2D eigenvalue weighted by atomic mass is 16.6. The standard InChI is InChI=1S/C20H19N3O8/c1-29-15-7-4-13(5-8-15)21-18(24)12-30-19(25)3-2-10-22-16-9-6-14(23(27)28)11-17(16)31-20(22)26/h4-9,11H,2-3,10,12H2,1H3,(H,21,24). The lowest BCUT2D eigenvalue weighted by Crippen LogP contribution is -2.21. The molecule has 0 fully saturated rings. The van der Waals surface area contributed by atoms with Crippen LogP contribution in [0.3, 0.4) is 0 Å². The molecule has 3 aromatic rings. The molecule has 1 aromatic heterocycles. The minimum absolute atomic E-state index is 0.0259. The Morgan fingerprint density at radius 2 is 1.94 bits per heavy atom. The zero-order chi connectivity index (χ0) is 22.4. The summed E-state index contributed by atoms with van der Waals surface area (Å²) >= 11 is 0. The van der Waals surface area contributed by atoms with Gasteiger partial charge in [0.15, 0.2) is 12.2 Å². The van der Waals surface area contributed by atoms with Crippen LogP contribution in [0.25, 0.3) is 11.1 Å². The van der Waals surface area contributed by atoms with Crippen molar-refractivity contribution in [1.29, 1.82) is 0 Å². The van der Waals surface area contributed by atoms with Gasteiger partial charge < -0.3 is 19.2 Å². The van der Waals surface area contributed by atoms with E-state index in [-0.39, 0.29) is 30.7 Å². The number of nitro groups is 1. The van der Waals surface area contributed by atoms with Crippen LogP contribution in [0, 0.1) is 10.1 Å². The summed E-state index contributed by atoms with van der Waals surface area (Å²) in [6.45, 7) is -0.292. The normalized spacial score (nSPS) is 10.6. The molecule has 162 valence electrons. The molecule has 0 aliphatic rings. The van der Waals surface area contributed by atoms with Gasteiger partial charge >= 0.3 is 11.7 Å². The van der Waals surface area contributed by atoms with E-state index in [1.54, 1.807) is 24.3 Å². The molecule has 31 heavy (non-hydrogen) atoms. The number of non-ortho nitro benzene ring substituents is 1. The molecule has 0 bridgehead atoms. The molecule has 0 aliphatic carbocycles. The number of anilines is 1. The molecule has 1 heterocycles. The Balaban J connectivity index is 1.46. The van der Waals surface area contributed by atoms with Gasteiger partial charge in [-0.25, -0.2) is 4.79 Å². The number of fused-ring (bicyclic) bond motifs is 1. The summed E-state index contributed by atoms with van der Waals surface area (Å²) in [4.78, 5) is 46.0. The van der Waals surface area contributed by atoms with Gasteiger partial charge in [0.25, 0.3) is 11.6 Å². The average Bonchev–Trinajstić information content (AvgIpc) is 3.07. The molecule has 0 saturated carbocycles. The number of hydrogen-bond donors (Lipinski definition) is 1. The minimum atomic E-state index is -0.678. The summed E-state index contributed by atoms with van der Waals surface area (Å²) < 4.78 is 16.3. The Morgan fingerprint density at radius 1 is 1.19 bits per heavy atom. The Bertz CT molecular complexity index is 1160. The van der Waals surface area contributed by atoms with Gasteiger partial charge in [0.1, 0.15) is 5.75 Å². The van der Waals surface area contributed by atoms with Gasteiger partial charge in [0.2, 0.25) is 0 Å². The number of benzene rings is 2. The van der Waals surface area contributed by atoms with Crippen molar-refractivity contribution in [2.24, 2.45) is 0 Å². The van der Waals surface area contributed by atoms with Crippen molar-refractivity contribution < 1.29 is 28.4 Å². The van der Waals surface area contributed by atoms with Crippen LogP contribution in [0.2, 0.25) is 0 Å². The lowest BCUT2D eigenvalue weighted by Gasteiger charge is -2.07. The first-order valence-corrected chi connectivity index (χ1v) is 9.24. The number of nitrogens with zero attached hydrogens (tertiary/aromatic N) is 2. The molecule has 1 N–H and O–H groups in total. The number of oxazole rings is 1. The first-order chi connectivity index (χ1) is 14.9. The largest absolute Gasteiger partial charge is 0.497 e. The number of aromatic nitrogens is 1. The topological polar surface area (TPSA) is 143 Å². The van der Waals surface area contributed by atoms with Gasteiger partial charge in [-0.15, -0.1) is 0 Å². The third-order valence-electron chi connectivity index (χ3n) is 4.36. The number of methoxy groups -OCH3 is 1. The minimum Gasteiger partial charge on any atom is -0.497 e. The van der Waals surface area contributed by atoms with Crippen LogP contribution in [-0.4, -0.2) is 35.1 Å². The zero-order valence-electron chi connectivity index (χ0n) is 16.5. The molecule has 0 unspecified atom stereocenters. The summed E-state index contributed by atoms with van der Waals surface area (Å²) in [6.07, 6.45) is 0.229. The van der Waals surface area contributed by atoms with E-state index in [9.17, 15) is 24.5 Å². The number of carbonyl (C=O) groups is 2. The van der Waals surface area contributed by atoms with Crippen LogP contribution in [0.4, 0.5) is 11.4 Å². The fraction of sp³-hybridized carbons (Fsp3) is 0.250. The fourth-order valence-corrected chi connectivity index (χ4v) is 2.85. The van der Waals surface area contributed by atoms with E-state index in [0.717, 1.165) is 0 Å². The summed E-state index contributed by atoms with van der Waals surface area (Å²) in [5.74, 6) is -1.12. The number of hydrogen-bond acceptors (Lipinski definition) is 8. The highest BCUT2D eigenvalue weighted by Crippen LogP contribution is 2.20. The molecule has 1 amide bonds. The van der Waals surface area contributed by atoms with E-state index in [0.29, 0.717) is 17.0 Å². The molecule has 11 nitrogen and oxygen atoms in total. The Morgan fingerprint density at radius 3 is 2.61 bits per heavy atom. The van der Waals surface area contributed by atoms with Gasteiger partial charge in [-0.05, 0) is 36.8 Å². The Kier molecular flexibility index (Phi) is 6.65. The van der Waals surface area contributed by atoms with Gasteiger partial charge in [0, 0.05) is 24.7 Å². The molecular weight excluding hydrogens is 410 g/mol. The van der Waals surface area contributed by atoms with Crippen molar-refractivity contribution in [3.63, 3.8) is 0 Å². The van der Waals surface area contributed by atoms with Crippen molar-refractivity contribution in [3.05, 3.63) is 63.1 Å². The van der Waals surface area contributed by atoms with Crippen LogP contribution in [0.5, 0.6) is 5.75 Å². The number of nitrogens with one attached hydrogen (secondary N) is 1. The lowest BCUT2D eigenvalue weighted by atomic mass is 10.2. The number of ether oxygens (including phenoxy) is 2. The van der Waals surface area contributed by atoms with Crippen LogP contribution in [-0.2, 0) is 20.9 Å². The molecule has 0 radical (unpaired) electrons. The van der Waals surface area contributed by atoms with Crippen molar-refractivity contribution in [2.45, 2.75) is 19.4 Å². The average molecular weight is 429 g/mol. The van der Waals surface area contributed by atoms with Crippen LogP contribution in [0.1, 0.15) is 12.8 Å². The monoisotopic (exact) mass is 429 g/mol. The number of rotatable bonds is 9. The van der Waals surface area contributed by atoms with E-state index < -0.39 is 29.2 Å². The lowest BCUT2D eigenvalue weighted by molar-refractivity contribution is -0.384. The third-order valence-corrected chi connectivity index (χ3v) is 4.36. The predicted molar refractivity (Wildman–Crippen MR) is 109 cm³/mol. The summed E-state index contributed by atoms with van der Waals surface area (Å²) in [5.41, 5.74) is 0.831. The summed E-state index contributed by atoms with van der Waals surface area (Å²) in [5, 5.41) is 13.4. The molecule has 0 spiro atoms. The SMILES string of the molecule is COc1ccc(NC(=O)COC(=O)CCCn2c(=O)oc3cc([N+](=O)[O-])ccc32)cc1. The third kappa shape index (κ3) is 5.47. The first kappa shape index (κ1) is 21.6. The van der Waals surface area contributed by atoms with Crippen molar-refractivity contribution in [1.82, 2.24) is 4.57 Å². The van der Waals surface area contributed by atoms with Crippen LogP contribution in [0.15, 0.2) is 51.7 Å². The molecule has 0 atom stereocenters. The summed E-state index contributed by atoms with van der Waals surface area (Å²) in [7, 11) is 1.53. The van der Waals surface area contributed by atoms with E-state index in [1.807, 2.05) is 0 Å². The van der Waals surface area contributed by atoms with E-state index in [1.165, 1.54) is 29.9 Å². The number of amides is 1. The van der Waals surface area contributed by atoms with Crippen molar-refractivity contribution in [3.8, 4) is 5.75 Å². The summed E-state index contributed by atoms with van der Waals surface area (Å²) in [6, 6.07) is 10.5. The second-order valence-electron chi connectivity index (χ2n) is 6.47. The van der Waals surface area contributed by atoms with Gasteiger partial charge in [-0.1, -0.05) is 0 Å².